The lowest BCUT2D eigenvalue weighted by molar-refractivity contribution is 0.0314. The topological polar surface area (TPSA) is 73.1 Å². The van der Waals surface area contributed by atoms with Gasteiger partial charge in [-0.05, 0) is 31.0 Å². The SMILES string of the molecule is c1ccc(-c2ncc(CNC3(c4ncccn4)CCOCC3)o2)cc1. The summed E-state index contributed by atoms with van der Waals surface area (Å²) in [6, 6.07) is 11.7. The first kappa shape index (κ1) is 15.9. The molecule has 0 bridgehead atoms. The normalized spacial score (nSPS) is 16.6. The summed E-state index contributed by atoms with van der Waals surface area (Å²) in [4.78, 5) is 13.3. The molecule has 3 aromatic rings. The average Bonchev–Trinajstić information content (AvgIpc) is 3.18. The molecule has 2 aromatic heterocycles. The Labute approximate surface area is 146 Å². The Morgan fingerprint density at radius 1 is 0.960 bits per heavy atom. The van der Waals surface area contributed by atoms with Gasteiger partial charge >= 0.3 is 0 Å². The van der Waals surface area contributed by atoms with Crippen LogP contribution in [-0.2, 0) is 16.8 Å². The second kappa shape index (κ2) is 7.13. The smallest absolute Gasteiger partial charge is 0.226 e. The molecule has 0 radical (unpaired) electrons. The van der Waals surface area contributed by atoms with Gasteiger partial charge < -0.3 is 9.15 Å². The summed E-state index contributed by atoms with van der Waals surface area (Å²) in [5, 5.41) is 3.59. The van der Waals surface area contributed by atoms with Crippen molar-refractivity contribution in [3.8, 4) is 11.5 Å². The lowest BCUT2D eigenvalue weighted by Crippen LogP contribution is -2.47. The molecule has 1 fully saturated rings. The number of nitrogens with one attached hydrogen (secondary N) is 1. The van der Waals surface area contributed by atoms with Gasteiger partial charge in [0, 0.05) is 31.2 Å². The average molecular weight is 336 g/mol. The van der Waals surface area contributed by atoms with Gasteiger partial charge in [0.15, 0.2) is 0 Å². The number of ether oxygens (including phenoxy) is 1. The molecule has 1 N–H and O–H groups in total. The highest BCUT2D eigenvalue weighted by Gasteiger charge is 2.36. The number of nitrogens with zero attached hydrogens (tertiary/aromatic N) is 3. The molecule has 3 heterocycles. The van der Waals surface area contributed by atoms with E-state index < -0.39 is 0 Å². The monoisotopic (exact) mass is 336 g/mol. The molecule has 1 aliphatic heterocycles. The van der Waals surface area contributed by atoms with Crippen molar-refractivity contribution < 1.29 is 9.15 Å². The van der Waals surface area contributed by atoms with Crippen LogP contribution >= 0.6 is 0 Å². The number of benzene rings is 1. The zero-order valence-corrected chi connectivity index (χ0v) is 13.9. The molecule has 1 aromatic carbocycles. The molecule has 0 aliphatic carbocycles. The van der Waals surface area contributed by atoms with Crippen LogP contribution in [0.15, 0.2) is 59.4 Å². The van der Waals surface area contributed by atoms with E-state index in [0.29, 0.717) is 25.6 Å². The first-order chi connectivity index (χ1) is 12.4. The van der Waals surface area contributed by atoms with Crippen LogP contribution in [0, 0.1) is 0 Å². The molecule has 25 heavy (non-hydrogen) atoms. The Bertz CT molecular complexity index is 799. The molecular weight excluding hydrogens is 316 g/mol. The molecule has 6 nitrogen and oxygen atoms in total. The Morgan fingerprint density at radius 2 is 1.72 bits per heavy atom. The van der Waals surface area contributed by atoms with E-state index in [1.54, 1.807) is 18.6 Å². The summed E-state index contributed by atoms with van der Waals surface area (Å²) in [6.07, 6.45) is 6.99. The number of rotatable bonds is 5. The Hall–Kier alpha value is -2.57. The van der Waals surface area contributed by atoms with Crippen molar-refractivity contribution >= 4 is 0 Å². The maximum Gasteiger partial charge on any atom is 0.226 e. The van der Waals surface area contributed by atoms with E-state index in [-0.39, 0.29) is 5.54 Å². The lowest BCUT2D eigenvalue weighted by atomic mass is 9.89. The van der Waals surface area contributed by atoms with Crippen molar-refractivity contribution in [1.82, 2.24) is 20.3 Å². The zero-order valence-electron chi connectivity index (χ0n) is 13.9. The van der Waals surface area contributed by atoms with Crippen molar-refractivity contribution in [3.05, 3.63) is 66.6 Å². The molecule has 0 unspecified atom stereocenters. The predicted octanol–water partition coefficient (Wildman–Crippen LogP) is 2.93. The summed E-state index contributed by atoms with van der Waals surface area (Å²) >= 11 is 0. The molecule has 1 aliphatic rings. The van der Waals surface area contributed by atoms with Crippen molar-refractivity contribution in [2.24, 2.45) is 0 Å². The van der Waals surface area contributed by atoms with E-state index in [1.165, 1.54) is 0 Å². The minimum absolute atomic E-state index is 0.292. The van der Waals surface area contributed by atoms with Gasteiger partial charge in [0.2, 0.25) is 5.89 Å². The van der Waals surface area contributed by atoms with Gasteiger partial charge in [-0.15, -0.1) is 0 Å². The van der Waals surface area contributed by atoms with E-state index in [0.717, 1.165) is 30.0 Å². The molecule has 0 spiro atoms. The largest absolute Gasteiger partial charge is 0.440 e. The van der Waals surface area contributed by atoms with E-state index in [1.807, 2.05) is 36.4 Å². The van der Waals surface area contributed by atoms with Crippen LogP contribution < -0.4 is 5.32 Å². The van der Waals surface area contributed by atoms with Crippen LogP contribution in [0.1, 0.15) is 24.4 Å². The van der Waals surface area contributed by atoms with Crippen molar-refractivity contribution in [2.75, 3.05) is 13.2 Å². The Morgan fingerprint density at radius 3 is 2.48 bits per heavy atom. The maximum absolute atomic E-state index is 5.90. The third kappa shape index (κ3) is 3.45. The predicted molar refractivity (Wildman–Crippen MR) is 92.5 cm³/mol. The standard InChI is InChI=1S/C19H20N4O2/c1-2-5-15(6-3-1)17-22-13-16(25-17)14-23-19(7-11-24-12-8-19)18-20-9-4-10-21-18/h1-6,9-10,13,23H,7-8,11-12,14H2. The summed E-state index contributed by atoms with van der Waals surface area (Å²) in [6.45, 7) is 1.95. The fourth-order valence-corrected chi connectivity index (χ4v) is 3.11. The lowest BCUT2D eigenvalue weighted by Gasteiger charge is -2.36. The van der Waals surface area contributed by atoms with Crippen LogP contribution in [0.2, 0.25) is 0 Å². The maximum atomic E-state index is 5.90. The van der Waals surface area contributed by atoms with Crippen LogP contribution in [0.4, 0.5) is 0 Å². The fourth-order valence-electron chi connectivity index (χ4n) is 3.11. The van der Waals surface area contributed by atoms with Crippen molar-refractivity contribution in [3.63, 3.8) is 0 Å². The third-order valence-corrected chi connectivity index (χ3v) is 4.52. The van der Waals surface area contributed by atoms with Crippen molar-refractivity contribution in [2.45, 2.75) is 24.9 Å². The first-order valence-electron chi connectivity index (χ1n) is 8.46. The first-order valence-corrected chi connectivity index (χ1v) is 8.46. The molecule has 1 saturated heterocycles. The van der Waals surface area contributed by atoms with E-state index in [4.69, 9.17) is 9.15 Å². The Balaban J connectivity index is 1.51. The van der Waals surface area contributed by atoms with Gasteiger partial charge in [-0.3, -0.25) is 5.32 Å². The highest BCUT2D eigenvalue weighted by atomic mass is 16.5. The quantitative estimate of drug-likeness (QED) is 0.772. The summed E-state index contributed by atoms with van der Waals surface area (Å²) < 4.78 is 11.4. The minimum Gasteiger partial charge on any atom is -0.440 e. The number of oxazole rings is 1. The van der Waals surface area contributed by atoms with Gasteiger partial charge in [-0.1, -0.05) is 18.2 Å². The van der Waals surface area contributed by atoms with E-state index in [9.17, 15) is 0 Å². The van der Waals surface area contributed by atoms with Gasteiger partial charge in [0.1, 0.15) is 11.6 Å². The van der Waals surface area contributed by atoms with Crippen LogP contribution in [-0.4, -0.2) is 28.2 Å². The molecule has 0 amide bonds. The van der Waals surface area contributed by atoms with Gasteiger partial charge in [-0.2, -0.15) is 0 Å². The summed E-state index contributed by atoms with van der Waals surface area (Å²) in [5.74, 6) is 2.23. The van der Waals surface area contributed by atoms with Gasteiger partial charge in [0.25, 0.3) is 0 Å². The van der Waals surface area contributed by atoms with Crippen LogP contribution in [0.25, 0.3) is 11.5 Å². The molecule has 0 atom stereocenters. The van der Waals surface area contributed by atoms with E-state index in [2.05, 4.69) is 20.3 Å². The van der Waals surface area contributed by atoms with Crippen molar-refractivity contribution in [1.29, 1.82) is 0 Å². The fraction of sp³-hybridized carbons (Fsp3) is 0.316. The molecule has 6 heteroatoms. The summed E-state index contributed by atoms with van der Waals surface area (Å²) in [7, 11) is 0. The number of hydrogen-bond donors (Lipinski definition) is 1. The molecule has 128 valence electrons. The van der Waals surface area contributed by atoms with E-state index >= 15 is 0 Å². The molecule has 0 saturated carbocycles. The zero-order chi connectivity index (χ0) is 17.0. The van der Waals surface area contributed by atoms with Crippen LogP contribution in [0.3, 0.4) is 0 Å². The number of aromatic nitrogens is 3. The molecule has 4 rings (SSSR count). The van der Waals surface area contributed by atoms with Crippen LogP contribution in [0.5, 0.6) is 0 Å². The second-order valence-electron chi connectivity index (χ2n) is 6.12. The Kier molecular flexibility index (Phi) is 4.54. The minimum atomic E-state index is -0.292. The highest BCUT2D eigenvalue weighted by Crippen LogP contribution is 2.30. The summed E-state index contributed by atoms with van der Waals surface area (Å²) in [5.41, 5.74) is 0.681. The molecular formula is C19H20N4O2. The third-order valence-electron chi connectivity index (χ3n) is 4.52. The van der Waals surface area contributed by atoms with Gasteiger partial charge in [0.05, 0.1) is 18.3 Å². The van der Waals surface area contributed by atoms with Gasteiger partial charge in [-0.25, -0.2) is 15.0 Å². The number of hydrogen-bond acceptors (Lipinski definition) is 6. The second-order valence-corrected chi connectivity index (χ2v) is 6.12. The highest BCUT2D eigenvalue weighted by molar-refractivity contribution is 5.52.